The van der Waals surface area contributed by atoms with Gasteiger partial charge in [-0.1, -0.05) is 0 Å². The van der Waals surface area contributed by atoms with Gasteiger partial charge < -0.3 is 15.0 Å². The van der Waals surface area contributed by atoms with Crippen LogP contribution in [-0.2, 0) is 9.53 Å². The van der Waals surface area contributed by atoms with Crippen molar-refractivity contribution in [2.45, 2.75) is 6.92 Å². The molecule has 94 valence electrons. The second kappa shape index (κ2) is 5.52. The molecule has 1 saturated heterocycles. The normalized spacial score (nSPS) is 15.0. The first-order chi connectivity index (χ1) is 8.70. The zero-order valence-corrected chi connectivity index (χ0v) is 10.3. The van der Waals surface area contributed by atoms with Crippen molar-refractivity contribution < 1.29 is 9.53 Å². The van der Waals surface area contributed by atoms with E-state index in [0.717, 1.165) is 18.8 Å². The van der Waals surface area contributed by atoms with Crippen LogP contribution in [-0.4, -0.2) is 32.2 Å². The van der Waals surface area contributed by atoms with Crippen molar-refractivity contribution in [3.63, 3.8) is 0 Å². The molecule has 1 aliphatic rings. The van der Waals surface area contributed by atoms with Gasteiger partial charge in [0.15, 0.2) is 0 Å². The summed E-state index contributed by atoms with van der Waals surface area (Å²) in [6, 6.07) is 5.41. The highest BCUT2D eigenvalue weighted by Gasteiger charge is 2.15. The number of benzene rings is 1. The number of amides is 1. The van der Waals surface area contributed by atoms with E-state index in [2.05, 4.69) is 15.1 Å². The van der Waals surface area contributed by atoms with E-state index in [4.69, 9.17) is 11.3 Å². The fourth-order valence-corrected chi connectivity index (χ4v) is 1.97. The van der Waals surface area contributed by atoms with Crippen molar-refractivity contribution in [3.8, 4) is 0 Å². The van der Waals surface area contributed by atoms with Crippen molar-refractivity contribution in [3.05, 3.63) is 29.6 Å². The fourth-order valence-electron chi connectivity index (χ4n) is 1.97. The summed E-state index contributed by atoms with van der Waals surface area (Å²) in [6.07, 6.45) is 0. The van der Waals surface area contributed by atoms with E-state index >= 15 is 0 Å². The Morgan fingerprint density at radius 2 is 2.17 bits per heavy atom. The van der Waals surface area contributed by atoms with E-state index in [1.807, 2.05) is 12.1 Å². The molecule has 1 heterocycles. The lowest BCUT2D eigenvalue weighted by Crippen LogP contribution is -2.36. The predicted octanol–water partition coefficient (Wildman–Crippen LogP) is 2.03. The molecule has 1 aromatic carbocycles. The van der Waals surface area contributed by atoms with Gasteiger partial charge in [-0.25, -0.2) is 4.85 Å². The van der Waals surface area contributed by atoms with Gasteiger partial charge in [-0.15, -0.1) is 0 Å². The summed E-state index contributed by atoms with van der Waals surface area (Å²) in [4.78, 5) is 16.6. The third kappa shape index (κ3) is 2.79. The Morgan fingerprint density at radius 1 is 1.44 bits per heavy atom. The van der Waals surface area contributed by atoms with Crippen molar-refractivity contribution >= 4 is 23.0 Å². The molecule has 0 spiro atoms. The van der Waals surface area contributed by atoms with Gasteiger partial charge in [0, 0.05) is 31.4 Å². The highest BCUT2D eigenvalue weighted by molar-refractivity contribution is 5.90. The standard InChI is InChI=1S/C13H15N3O2/c1-10(17)15-11-3-4-13(12(9-11)14-2)16-5-7-18-8-6-16/h3-4,9H,5-8H2,1H3,(H,15,17). The Bertz CT molecular complexity index is 487. The molecule has 2 rings (SSSR count). The van der Waals surface area contributed by atoms with Gasteiger partial charge in [0.25, 0.3) is 0 Å². The summed E-state index contributed by atoms with van der Waals surface area (Å²) in [5.41, 5.74) is 2.12. The monoisotopic (exact) mass is 245 g/mol. The molecule has 0 aliphatic carbocycles. The maximum absolute atomic E-state index is 11.0. The zero-order chi connectivity index (χ0) is 13.0. The maximum Gasteiger partial charge on any atom is 0.221 e. The first kappa shape index (κ1) is 12.4. The number of rotatable bonds is 2. The van der Waals surface area contributed by atoms with Crippen LogP contribution in [0.2, 0.25) is 0 Å². The molecule has 0 radical (unpaired) electrons. The highest BCUT2D eigenvalue weighted by atomic mass is 16.5. The quantitative estimate of drug-likeness (QED) is 0.811. The Balaban J connectivity index is 2.25. The molecule has 18 heavy (non-hydrogen) atoms. The minimum absolute atomic E-state index is 0.134. The molecule has 1 aromatic rings. The Labute approximate surface area is 106 Å². The summed E-state index contributed by atoms with van der Waals surface area (Å²) < 4.78 is 5.29. The highest BCUT2D eigenvalue weighted by Crippen LogP contribution is 2.32. The van der Waals surface area contributed by atoms with Crippen LogP contribution in [0.25, 0.3) is 4.85 Å². The molecule has 0 atom stereocenters. The lowest BCUT2D eigenvalue weighted by atomic mass is 10.2. The number of anilines is 2. The van der Waals surface area contributed by atoms with Gasteiger partial charge in [-0.3, -0.25) is 4.79 Å². The second-order valence-electron chi connectivity index (χ2n) is 4.10. The van der Waals surface area contributed by atoms with Crippen LogP contribution in [0.1, 0.15) is 6.92 Å². The predicted molar refractivity (Wildman–Crippen MR) is 70.0 cm³/mol. The SMILES string of the molecule is [C-]#[N+]c1cc(NC(C)=O)ccc1N1CCOCC1. The first-order valence-corrected chi connectivity index (χ1v) is 5.82. The molecule has 1 aliphatic heterocycles. The molecular formula is C13H15N3O2. The van der Waals surface area contributed by atoms with Crippen molar-refractivity contribution in [1.82, 2.24) is 0 Å². The molecule has 1 N–H and O–H groups in total. The minimum Gasteiger partial charge on any atom is -0.378 e. The lowest BCUT2D eigenvalue weighted by Gasteiger charge is -2.30. The van der Waals surface area contributed by atoms with Crippen molar-refractivity contribution in [2.75, 3.05) is 36.5 Å². The smallest absolute Gasteiger partial charge is 0.221 e. The number of morpholine rings is 1. The molecule has 5 nitrogen and oxygen atoms in total. The van der Waals surface area contributed by atoms with Gasteiger partial charge in [0.05, 0.1) is 19.8 Å². The van der Waals surface area contributed by atoms with Crippen LogP contribution in [0.4, 0.5) is 17.1 Å². The number of hydrogen-bond donors (Lipinski definition) is 1. The molecule has 0 unspecified atom stereocenters. The van der Waals surface area contributed by atoms with E-state index in [0.29, 0.717) is 24.6 Å². The largest absolute Gasteiger partial charge is 0.378 e. The van der Waals surface area contributed by atoms with E-state index in [1.165, 1.54) is 6.92 Å². The number of carbonyl (C=O) groups excluding carboxylic acids is 1. The third-order valence-electron chi connectivity index (χ3n) is 2.77. The summed E-state index contributed by atoms with van der Waals surface area (Å²) >= 11 is 0. The third-order valence-corrected chi connectivity index (χ3v) is 2.77. The summed E-state index contributed by atoms with van der Waals surface area (Å²) in [5, 5.41) is 2.68. The van der Waals surface area contributed by atoms with Gasteiger partial charge >= 0.3 is 0 Å². The van der Waals surface area contributed by atoms with Crippen LogP contribution < -0.4 is 10.2 Å². The fraction of sp³-hybridized carbons (Fsp3) is 0.385. The van der Waals surface area contributed by atoms with Gasteiger partial charge in [0.1, 0.15) is 0 Å². The Kier molecular flexibility index (Phi) is 3.80. The van der Waals surface area contributed by atoms with Crippen molar-refractivity contribution in [2.24, 2.45) is 0 Å². The number of hydrogen-bond acceptors (Lipinski definition) is 3. The molecule has 0 bridgehead atoms. The minimum atomic E-state index is -0.134. The first-order valence-electron chi connectivity index (χ1n) is 5.82. The molecule has 5 heteroatoms. The number of nitrogens with one attached hydrogen (secondary N) is 1. The number of ether oxygens (including phenoxy) is 1. The molecule has 0 saturated carbocycles. The summed E-state index contributed by atoms with van der Waals surface area (Å²) in [5.74, 6) is -0.134. The van der Waals surface area contributed by atoms with Crippen LogP contribution in [0.3, 0.4) is 0 Å². The maximum atomic E-state index is 11.0. The van der Waals surface area contributed by atoms with Gasteiger partial charge in [-0.2, -0.15) is 0 Å². The Morgan fingerprint density at radius 3 is 2.78 bits per heavy atom. The van der Waals surface area contributed by atoms with Crippen LogP contribution in [0.5, 0.6) is 0 Å². The average molecular weight is 245 g/mol. The van der Waals surface area contributed by atoms with Crippen LogP contribution in [0.15, 0.2) is 18.2 Å². The summed E-state index contributed by atoms with van der Waals surface area (Å²) in [6.45, 7) is 11.6. The van der Waals surface area contributed by atoms with Crippen LogP contribution >= 0.6 is 0 Å². The Hall–Kier alpha value is -2.06. The van der Waals surface area contributed by atoms with E-state index in [1.54, 1.807) is 6.07 Å². The molecule has 0 aromatic heterocycles. The molecular weight excluding hydrogens is 230 g/mol. The van der Waals surface area contributed by atoms with E-state index in [-0.39, 0.29) is 5.91 Å². The second-order valence-corrected chi connectivity index (χ2v) is 4.10. The van der Waals surface area contributed by atoms with Gasteiger partial charge in [-0.05, 0) is 18.2 Å². The van der Waals surface area contributed by atoms with Crippen LogP contribution in [0, 0.1) is 6.57 Å². The van der Waals surface area contributed by atoms with Crippen molar-refractivity contribution in [1.29, 1.82) is 0 Å². The van der Waals surface area contributed by atoms with E-state index in [9.17, 15) is 4.79 Å². The summed E-state index contributed by atoms with van der Waals surface area (Å²) in [7, 11) is 0. The van der Waals surface area contributed by atoms with Gasteiger partial charge in [0.2, 0.25) is 11.6 Å². The lowest BCUT2D eigenvalue weighted by molar-refractivity contribution is -0.114. The number of nitrogens with zero attached hydrogens (tertiary/aromatic N) is 2. The topological polar surface area (TPSA) is 45.9 Å². The molecule has 1 fully saturated rings. The number of carbonyl (C=O) groups is 1. The zero-order valence-electron chi connectivity index (χ0n) is 10.3. The average Bonchev–Trinajstić information content (AvgIpc) is 2.39. The molecule has 1 amide bonds. The van der Waals surface area contributed by atoms with E-state index < -0.39 is 0 Å².